The lowest BCUT2D eigenvalue weighted by molar-refractivity contribution is 0.0102. The summed E-state index contributed by atoms with van der Waals surface area (Å²) in [7, 11) is -3.72. The van der Waals surface area contributed by atoms with Crippen molar-refractivity contribution in [2.75, 3.05) is 25.4 Å². The average molecular weight is 288 g/mol. The van der Waals surface area contributed by atoms with Crippen molar-refractivity contribution in [3.05, 3.63) is 23.5 Å². The van der Waals surface area contributed by atoms with Crippen LogP contribution >= 0.6 is 0 Å². The molecule has 0 spiro atoms. The molecule has 1 aliphatic heterocycles. The van der Waals surface area contributed by atoms with Crippen LogP contribution in [-0.2, 0) is 14.8 Å². The number of nitrogens with zero attached hydrogens (tertiary/aromatic N) is 1. The van der Waals surface area contributed by atoms with Gasteiger partial charge in [0.25, 0.3) is 0 Å². The lowest BCUT2D eigenvalue weighted by atomic mass is 10.2. The molecule has 1 aromatic rings. The maximum Gasteiger partial charge on any atom is 0.243 e. The molecule has 1 aromatic carbocycles. The molecule has 0 amide bonds. The van der Waals surface area contributed by atoms with Gasteiger partial charge in [0.15, 0.2) is 0 Å². The summed E-state index contributed by atoms with van der Waals surface area (Å²) in [6.07, 6.45) is -0.170. The second kappa shape index (κ2) is 5.07. The summed E-state index contributed by atoms with van der Waals surface area (Å²) in [5.41, 5.74) is 6.02. The van der Waals surface area contributed by atoms with Crippen molar-refractivity contribution in [3.63, 3.8) is 0 Å². The fourth-order valence-corrected chi connectivity index (χ4v) is 3.52. The molecule has 2 N–H and O–H groups in total. The van der Waals surface area contributed by atoms with E-state index >= 15 is 0 Å². The Kier molecular flexibility index (Phi) is 3.80. The van der Waals surface area contributed by atoms with E-state index in [1.54, 1.807) is 6.92 Å². The molecule has 0 saturated carbocycles. The van der Waals surface area contributed by atoms with Gasteiger partial charge in [0, 0.05) is 24.3 Å². The zero-order chi connectivity index (χ0) is 14.2. The highest BCUT2D eigenvalue weighted by molar-refractivity contribution is 7.89. The fourth-order valence-electron chi connectivity index (χ4n) is 1.98. The summed E-state index contributed by atoms with van der Waals surface area (Å²) >= 11 is 0. The summed E-state index contributed by atoms with van der Waals surface area (Å²) in [6, 6.07) is 2.31. The van der Waals surface area contributed by atoms with Crippen molar-refractivity contribution in [1.82, 2.24) is 4.31 Å². The number of rotatable bonds is 2. The number of anilines is 1. The Morgan fingerprint density at radius 2 is 2.16 bits per heavy atom. The Morgan fingerprint density at radius 1 is 1.47 bits per heavy atom. The Hall–Kier alpha value is -1.18. The molecule has 0 aromatic heterocycles. The molecule has 0 aliphatic carbocycles. The molecule has 106 valence electrons. The fraction of sp³-hybridized carbons (Fsp3) is 0.500. The normalized spacial score (nSPS) is 21.5. The smallest absolute Gasteiger partial charge is 0.243 e. The van der Waals surface area contributed by atoms with E-state index in [1.165, 1.54) is 17.3 Å². The average Bonchev–Trinajstić information content (AvgIpc) is 2.35. The number of benzene rings is 1. The van der Waals surface area contributed by atoms with Crippen LogP contribution in [0.3, 0.4) is 0 Å². The van der Waals surface area contributed by atoms with Crippen molar-refractivity contribution in [2.24, 2.45) is 0 Å². The van der Waals surface area contributed by atoms with Gasteiger partial charge in [-0.25, -0.2) is 12.8 Å². The first-order chi connectivity index (χ1) is 8.82. The van der Waals surface area contributed by atoms with Crippen molar-refractivity contribution >= 4 is 15.7 Å². The van der Waals surface area contributed by atoms with E-state index in [2.05, 4.69) is 0 Å². The molecule has 0 bridgehead atoms. The molecular formula is C12H17FN2O3S. The van der Waals surface area contributed by atoms with E-state index in [0.717, 1.165) is 6.07 Å². The van der Waals surface area contributed by atoms with Crippen LogP contribution in [0.15, 0.2) is 17.0 Å². The predicted molar refractivity (Wildman–Crippen MR) is 69.7 cm³/mol. The van der Waals surface area contributed by atoms with Crippen LogP contribution in [0.5, 0.6) is 0 Å². The molecule has 1 heterocycles. The van der Waals surface area contributed by atoms with E-state index in [0.29, 0.717) is 6.61 Å². The zero-order valence-electron chi connectivity index (χ0n) is 10.9. The molecular weight excluding hydrogens is 271 g/mol. The SMILES string of the molecule is Cc1c(N)cc(S(=O)(=O)N2CCOC(C)C2)cc1F. The number of hydrogen-bond donors (Lipinski definition) is 1. The van der Waals surface area contributed by atoms with Gasteiger partial charge in [-0.05, 0) is 26.0 Å². The van der Waals surface area contributed by atoms with Crippen molar-refractivity contribution < 1.29 is 17.5 Å². The first-order valence-corrected chi connectivity index (χ1v) is 7.43. The van der Waals surface area contributed by atoms with Crippen LogP contribution in [-0.4, -0.2) is 38.5 Å². The third-order valence-electron chi connectivity index (χ3n) is 3.20. The molecule has 1 saturated heterocycles. The topological polar surface area (TPSA) is 72.6 Å². The third kappa shape index (κ3) is 2.72. The number of morpholine rings is 1. The summed E-state index contributed by atoms with van der Waals surface area (Å²) in [4.78, 5) is -0.109. The van der Waals surface area contributed by atoms with Gasteiger partial charge in [-0.3, -0.25) is 0 Å². The largest absolute Gasteiger partial charge is 0.398 e. The van der Waals surface area contributed by atoms with Crippen LogP contribution in [0.1, 0.15) is 12.5 Å². The van der Waals surface area contributed by atoms with E-state index in [-0.39, 0.29) is 35.3 Å². The Labute approximate surface area is 112 Å². The number of nitrogens with two attached hydrogens (primary N) is 1. The zero-order valence-corrected chi connectivity index (χ0v) is 11.7. The summed E-state index contributed by atoms with van der Waals surface area (Å²) in [5.74, 6) is -0.611. The number of hydrogen-bond acceptors (Lipinski definition) is 4. The highest BCUT2D eigenvalue weighted by atomic mass is 32.2. The third-order valence-corrected chi connectivity index (χ3v) is 5.04. The van der Waals surface area contributed by atoms with Gasteiger partial charge >= 0.3 is 0 Å². The van der Waals surface area contributed by atoms with Gasteiger partial charge in [0.1, 0.15) is 5.82 Å². The van der Waals surface area contributed by atoms with Crippen LogP contribution < -0.4 is 5.73 Å². The van der Waals surface area contributed by atoms with Gasteiger partial charge in [-0.2, -0.15) is 4.31 Å². The van der Waals surface area contributed by atoms with Crippen LogP contribution in [0.2, 0.25) is 0 Å². The van der Waals surface area contributed by atoms with Gasteiger partial charge in [-0.1, -0.05) is 0 Å². The summed E-state index contributed by atoms with van der Waals surface area (Å²) in [6.45, 7) is 4.17. The van der Waals surface area contributed by atoms with Crippen LogP contribution in [0.25, 0.3) is 0 Å². The number of sulfonamides is 1. The lowest BCUT2D eigenvalue weighted by Crippen LogP contribution is -2.44. The van der Waals surface area contributed by atoms with Gasteiger partial charge < -0.3 is 10.5 Å². The molecule has 1 aliphatic rings. The standard InChI is InChI=1S/C12H17FN2O3S/c1-8-7-15(3-4-18-8)19(16,17)10-5-11(13)9(2)12(14)6-10/h5-6,8H,3-4,7,14H2,1-2H3. The Bertz CT molecular complexity index is 566. The van der Waals surface area contributed by atoms with E-state index in [9.17, 15) is 12.8 Å². The second-order valence-electron chi connectivity index (χ2n) is 4.66. The molecule has 7 heteroatoms. The highest BCUT2D eigenvalue weighted by Crippen LogP contribution is 2.24. The van der Waals surface area contributed by atoms with E-state index in [1.807, 2.05) is 0 Å². The first kappa shape index (κ1) is 14.2. The summed E-state index contributed by atoms with van der Waals surface area (Å²) < 4.78 is 45.0. The van der Waals surface area contributed by atoms with Crippen LogP contribution in [0.4, 0.5) is 10.1 Å². The number of nitrogen functional groups attached to an aromatic ring is 1. The maximum absolute atomic E-state index is 13.6. The molecule has 19 heavy (non-hydrogen) atoms. The Morgan fingerprint density at radius 3 is 2.74 bits per heavy atom. The minimum absolute atomic E-state index is 0.109. The number of ether oxygens (including phenoxy) is 1. The minimum atomic E-state index is -3.72. The van der Waals surface area contributed by atoms with E-state index in [4.69, 9.17) is 10.5 Å². The minimum Gasteiger partial charge on any atom is -0.398 e. The van der Waals surface area contributed by atoms with Gasteiger partial charge in [-0.15, -0.1) is 0 Å². The van der Waals surface area contributed by atoms with Crippen molar-refractivity contribution in [2.45, 2.75) is 24.8 Å². The number of halogens is 1. The maximum atomic E-state index is 13.6. The molecule has 1 atom stereocenters. The van der Waals surface area contributed by atoms with Gasteiger partial charge in [0.05, 0.1) is 17.6 Å². The molecule has 5 nitrogen and oxygen atoms in total. The highest BCUT2D eigenvalue weighted by Gasteiger charge is 2.30. The van der Waals surface area contributed by atoms with Crippen molar-refractivity contribution in [1.29, 1.82) is 0 Å². The monoisotopic (exact) mass is 288 g/mol. The van der Waals surface area contributed by atoms with E-state index < -0.39 is 15.8 Å². The summed E-state index contributed by atoms with van der Waals surface area (Å²) in [5, 5.41) is 0. The molecule has 0 radical (unpaired) electrons. The Balaban J connectivity index is 2.39. The lowest BCUT2D eigenvalue weighted by Gasteiger charge is -2.30. The molecule has 2 rings (SSSR count). The van der Waals surface area contributed by atoms with Crippen molar-refractivity contribution in [3.8, 4) is 0 Å². The predicted octanol–water partition coefficient (Wildman–Crippen LogP) is 1.13. The molecule has 1 fully saturated rings. The quantitative estimate of drug-likeness (QED) is 0.828. The van der Waals surface area contributed by atoms with Crippen LogP contribution in [0, 0.1) is 12.7 Å². The molecule has 1 unspecified atom stereocenters. The van der Waals surface area contributed by atoms with Gasteiger partial charge in [0.2, 0.25) is 10.0 Å². The second-order valence-corrected chi connectivity index (χ2v) is 6.60. The first-order valence-electron chi connectivity index (χ1n) is 5.99.